The van der Waals surface area contributed by atoms with Crippen LogP contribution in [0.1, 0.15) is 6.42 Å². The Morgan fingerprint density at radius 1 is 1.35 bits per heavy atom. The molecule has 3 unspecified atom stereocenters. The van der Waals surface area contributed by atoms with Crippen LogP contribution in [0.5, 0.6) is 0 Å². The fourth-order valence-electron chi connectivity index (χ4n) is 2.33. The molecule has 0 fully saturated rings. The highest BCUT2D eigenvalue weighted by Gasteiger charge is 2.28. The molecule has 0 heterocycles. The number of aliphatic hydroxyl groups excluding tert-OH is 1. The molecule has 0 saturated heterocycles. The summed E-state index contributed by atoms with van der Waals surface area (Å²) in [6.45, 7) is 0. The van der Waals surface area contributed by atoms with E-state index in [1.165, 1.54) is 32.4 Å². The van der Waals surface area contributed by atoms with Crippen molar-refractivity contribution in [2.24, 2.45) is 5.92 Å². The largest absolute Gasteiger partial charge is 0.498 e. The van der Waals surface area contributed by atoms with Crippen molar-refractivity contribution in [1.82, 2.24) is 5.32 Å². The molecular weight excluding hydrogens is 302 g/mol. The lowest BCUT2D eigenvalue weighted by atomic mass is 9.98. The molecule has 0 bridgehead atoms. The minimum atomic E-state index is -0.966. The molecule has 124 valence electrons. The van der Waals surface area contributed by atoms with E-state index in [1.807, 2.05) is 0 Å². The predicted molar refractivity (Wildman–Crippen MR) is 81.1 cm³/mol. The molecule has 3 N–H and O–H groups in total. The average molecular weight is 321 g/mol. The molecule has 0 aromatic carbocycles. The Kier molecular flexibility index (Phi) is 5.36. The molecule has 0 radical (unpaired) electrons. The third-order valence-corrected chi connectivity index (χ3v) is 3.69. The summed E-state index contributed by atoms with van der Waals surface area (Å²) < 4.78 is 10.2. The van der Waals surface area contributed by atoms with Crippen LogP contribution in [0.25, 0.3) is 0 Å². The van der Waals surface area contributed by atoms with Crippen LogP contribution in [0.15, 0.2) is 47.4 Å². The maximum absolute atomic E-state index is 12.3. The van der Waals surface area contributed by atoms with Gasteiger partial charge in [0.1, 0.15) is 18.0 Å². The van der Waals surface area contributed by atoms with Gasteiger partial charge in [-0.25, -0.2) is 0 Å². The summed E-state index contributed by atoms with van der Waals surface area (Å²) in [7, 11) is 2.83. The minimum Gasteiger partial charge on any atom is -0.498 e. The fraction of sp³-hybridized carbons (Fsp3) is 0.375. The number of hydrogen-bond donors (Lipinski definition) is 3. The summed E-state index contributed by atoms with van der Waals surface area (Å²) in [5, 5.41) is 21.6. The lowest BCUT2D eigenvalue weighted by Gasteiger charge is -2.25. The van der Waals surface area contributed by atoms with Gasteiger partial charge < -0.3 is 25.0 Å². The number of carboxylic acid groups (broad SMARTS) is 1. The number of aliphatic carboxylic acids is 1. The molecule has 0 aromatic rings. The van der Waals surface area contributed by atoms with Gasteiger partial charge in [-0.05, 0) is 24.6 Å². The van der Waals surface area contributed by atoms with Crippen molar-refractivity contribution in [1.29, 1.82) is 0 Å². The third-order valence-electron chi connectivity index (χ3n) is 3.69. The van der Waals surface area contributed by atoms with Crippen molar-refractivity contribution < 1.29 is 29.3 Å². The van der Waals surface area contributed by atoms with Gasteiger partial charge in [0.15, 0.2) is 0 Å². The van der Waals surface area contributed by atoms with E-state index in [1.54, 1.807) is 12.2 Å². The number of rotatable bonds is 5. The van der Waals surface area contributed by atoms with E-state index in [-0.39, 0.29) is 5.76 Å². The minimum absolute atomic E-state index is 0.239. The number of ether oxygens (including phenoxy) is 2. The SMILES string of the molecule is COC1=CC(C(=O)NC2=CCC(C(=O)O)C=C2)=CC(OC)C1O. The Balaban J connectivity index is 2.08. The normalized spacial score (nSPS) is 26.7. The second kappa shape index (κ2) is 7.26. The van der Waals surface area contributed by atoms with Gasteiger partial charge in [0.05, 0.1) is 13.0 Å². The van der Waals surface area contributed by atoms with Gasteiger partial charge in [0, 0.05) is 18.4 Å². The van der Waals surface area contributed by atoms with Gasteiger partial charge in [0.2, 0.25) is 0 Å². The van der Waals surface area contributed by atoms with Crippen LogP contribution in [0.3, 0.4) is 0 Å². The average Bonchev–Trinajstić information content (AvgIpc) is 2.55. The first kappa shape index (κ1) is 17.0. The van der Waals surface area contributed by atoms with Gasteiger partial charge in [-0.2, -0.15) is 0 Å². The van der Waals surface area contributed by atoms with Gasteiger partial charge in [-0.3, -0.25) is 9.59 Å². The summed E-state index contributed by atoms with van der Waals surface area (Å²) in [6, 6.07) is 0. The van der Waals surface area contributed by atoms with Crippen LogP contribution in [-0.2, 0) is 19.1 Å². The number of hydrogen-bond acceptors (Lipinski definition) is 5. The Morgan fingerprint density at radius 3 is 2.61 bits per heavy atom. The molecule has 23 heavy (non-hydrogen) atoms. The van der Waals surface area contributed by atoms with Crippen molar-refractivity contribution in [3.8, 4) is 0 Å². The number of carbonyl (C=O) groups is 2. The van der Waals surface area contributed by atoms with Gasteiger partial charge in [0.25, 0.3) is 5.91 Å². The highest BCUT2D eigenvalue weighted by atomic mass is 16.5. The van der Waals surface area contributed by atoms with Gasteiger partial charge >= 0.3 is 5.97 Å². The van der Waals surface area contributed by atoms with Gasteiger partial charge in [-0.15, -0.1) is 0 Å². The number of carbonyl (C=O) groups excluding carboxylic acids is 1. The molecule has 2 aliphatic carbocycles. The van der Waals surface area contributed by atoms with E-state index in [0.29, 0.717) is 17.7 Å². The quantitative estimate of drug-likeness (QED) is 0.681. The molecule has 3 atom stereocenters. The van der Waals surface area contributed by atoms with Crippen molar-refractivity contribution >= 4 is 11.9 Å². The lowest BCUT2D eigenvalue weighted by Crippen LogP contribution is -2.34. The first-order valence-electron chi connectivity index (χ1n) is 7.07. The van der Waals surface area contributed by atoms with E-state index in [2.05, 4.69) is 5.32 Å². The maximum Gasteiger partial charge on any atom is 0.310 e. The highest BCUT2D eigenvalue weighted by Crippen LogP contribution is 2.22. The number of carboxylic acids is 1. The van der Waals surface area contributed by atoms with Crippen LogP contribution in [-0.4, -0.2) is 48.5 Å². The van der Waals surface area contributed by atoms with E-state index in [0.717, 1.165) is 0 Å². The topological polar surface area (TPSA) is 105 Å². The molecule has 7 heteroatoms. The standard InChI is InChI=1S/C16H19NO6/c1-22-12-7-10(8-13(23-2)14(12)18)15(19)17-11-5-3-9(4-6-11)16(20)21/h3,5-9,12,14,18H,4H2,1-2H3,(H,17,19)(H,20,21). The highest BCUT2D eigenvalue weighted by molar-refractivity contribution is 5.98. The number of allylic oxidation sites excluding steroid dienone is 2. The van der Waals surface area contributed by atoms with E-state index in [4.69, 9.17) is 14.6 Å². The van der Waals surface area contributed by atoms with E-state index in [9.17, 15) is 14.7 Å². The van der Waals surface area contributed by atoms with Crippen LogP contribution >= 0.6 is 0 Å². The monoisotopic (exact) mass is 321 g/mol. The molecule has 1 amide bonds. The molecule has 2 aliphatic rings. The molecule has 0 spiro atoms. The number of amides is 1. The number of nitrogens with one attached hydrogen (secondary N) is 1. The zero-order chi connectivity index (χ0) is 17.0. The lowest BCUT2D eigenvalue weighted by molar-refractivity contribution is -0.140. The second-order valence-corrected chi connectivity index (χ2v) is 5.17. The Labute approximate surface area is 133 Å². The predicted octanol–water partition coefficient (Wildman–Crippen LogP) is 0.493. The summed E-state index contributed by atoms with van der Waals surface area (Å²) in [6.07, 6.45) is 6.38. The van der Waals surface area contributed by atoms with E-state index >= 15 is 0 Å². The first-order chi connectivity index (χ1) is 11.0. The van der Waals surface area contributed by atoms with Crippen LogP contribution in [0, 0.1) is 5.92 Å². The molecule has 2 rings (SSSR count). The van der Waals surface area contributed by atoms with Crippen LogP contribution in [0.2, 0.25) is 0 Å². The van der Waals surface area contributed by atoms with E-state index < -0.39 is 30.0 Å². The van der Waals surface area contributed by atoms with Crippen LogP contribution < -0.4 is 5.32 Å². The molecule has 7 nitrogen and oxygen atoms in total. The summed E-state index contributed by atoms with van der Waals surface area (Å²) >= 11 is 0. The van der Waals surface area contributed by atoms with Crippen molar-refractivity contribution in [2.45, 2.75) is 18.6 Å². The Hall–Kier alpha value is -2.38. The van der Waals surface area contributed by atoms with Crippen molar-refractivity contribution in [2.75, 3.05) is 14.2 Å². The third kappa shape index (κ3) is 3.88. The summed E-state index contributed by atoms with van der Waals surface area (Å²) in [4.78, 5) is 23.2. The number of aliphatic hydroxyl groups is 1. The van der Waals surface area contributed by atoms with Crippen molar-refractivity contribution in [3.05, 3.63) is 47.4 Å². The summed E-state index contributed by atoms with van der Waals surface area (Å²) in [5.74, 6) is -1.62. The zero-order valence-corrected chi connectivity index (χ0v) is 12.9. The zero-order valence-electron chi connectivity index (χ0n) is 12.9. The molecule has 0 saturated carbocycles. The van der Waals surface area contributed by atoms with Gasteiger partial charge in [-0.1, -0.05) is 12.2 Å². The van der Waals surface area contributed by atoms with Crippen molar-refractivity contribution in [3.63, 3.8) is 0 Å². The Morgan fingerprint density at radius 2 is 2.09 bits per heavy atom. The fourth-order valence-corrected chi connectivity index (χ4v) is 2.33. The second-order valence-electron chi connectivity index (χ2n) is 5.17. The summed E-state index contributed by atoms with van der Waals surface area (Å²) in [5.41, 5.74) is 0.828. The smallest absolute Gasteiger partial charge is 0.310 e. The molecule has 0 aromatic heterocycles. The maximum atomic E-state index is 12.3. The number of methoxy groups -OCH3 is 2. The Bertz CT molecular complexity index is 616. The first-order valence-corrected chi connectivity index (χ1v) is 7.07. The van der Waals surface area contributed by atoms with Crippen LogP contribution in [0.4, 0.5) is 0 Å². The molecular formula is C16H19NO6. The molecule has 0 aliphatic heterocycles.